The van der Waals surface area contributed by atoms with Crippen LogP contribution >= 0.6 is 0 Å². The average Bonchev–Trinajstić information content (AvgIpc) is 3.89. The molecule has 64 heavy (non-hydrogen) atoms. The van der Waals surface area contributed by atoms with Crippen LogP contribution in [0.25, 0.3) is 127 Å². The lowest BCUT2D eigenvalue weighted by molar-refractivity contribution is 0.668. The minimum atomic E-state index is 0.562. The van der Waals surface area contributed by atoms with Crippen molar-refractivity contribution in [1.82, 2.24) is 19.5 Å². The van der Waals surface area contributed by atoms with Gasteiger partial charge in [0, 0.05) is 44.3 Å². The summed E-state index contributed by atoms with van der Waals surface area (Å²) < 4.78 is 9.17. The molecule has 0 amide bonds. The zero-order chi connectivity index (χ0) is 42.1. The number of nitrogens with zero attached hydrogens (tertiary/aromatic N) is 4. The molecule has 13 aromatic rings. The zero-order valence-corrected chi connectivity index (χ0v) is 34.5. The molecule has 0 N–H and O–H groups in total. The molecule has 0 aliphatic carbocycles. The normalized spacial score (nSPS) is 11.8. The third-order valence-electron chi connectivity index (χ3n) is 12.6. The summed E-state index contributed by atoms with van der Waals surface area (Å²) in [5.41, 5.74) is 11.9. The molecule has 5 nitrogen and oxygen atoms in total. The first-order chi connectivity index (χ1) is 31.7. The summed E-state index contributed by atoms with van der Waals surface area (Å²) in [4.78, 5) is 16.0. The van der Waals surface area contributed by atoms with Gasteiger partial charge in [0.25, 0.3) is 0 Å². The predicted molar refractivity (Wildman–Crippen MR) is 264 cm³/mol. The molecule has 0 aliphatic heterocycles. The average molecular weight is 817 g/mol. The van der Waals surface area contributed by atoms with Gasteiger partial charge in [0.05, 0.1) is 16.7 Å². The highest BCUT2D eigenvalue weighted by molar-refractivity contribution is 6.18. The van der Waals surface area contributed by atoms with E-state index in [0.717, 1.165) is 77.6 Å². The van der Waals surface area contributed by atoms with E-state index in [9.17, 15) is 0 Å². The molecule has 0 radical (unpaired) electrons. The first kappa shape index (κ1) is 36.0. The number of para-hydroxylation sites is 1. The fraction of sp³-hybridized carbons (Fsp3) is 0. The fourth-order valence-electron chi connectivity index (χ4n) is 9.48. The number of aromatic nitrogens is 4. The molecule has 0 saturated heterocycles. The lowest BCUT2D eigenvalue weighted by Crippen LogP contribution is -2.02. The molecule has 0 aliphatic rings. The lowest BCUT2D eigenvalue weighted by Gasteiger charge is -2.14. The van der Waals surface area contributed by atoms with E-state index in [1.54, 1.807) is 0 Å². The fourth-order valence-corrected chi connectivity index (χ4v) is 9.48. The van der Waals surface area contributed by atoms with Crippen molar-refractivity contribution in [2.75, 3.05) is 0 Å². The summed E-state index contributed by atoms with van der Waals surface area (Å²) >= 11 is 0. The van der Waals surface area contributed by atoms with Gasteiger partial charge in [0.1, 0.15) is 11.2 Å². The highest BCUT2D eigenvalue weighted by Gasteiger charge is 2.22. The van der Waals surface area contributed by atoms with Crippen LogP contribution in [-0.4, -0.2) is 19.5 Å². The highest BCUT2D eigenvalue weighted by atomic mass is 16.3. The summed E-state index contributed by atoms with van der Waals surface area (Å²) in [5.74, 6) is 1.74. The van der Waals surface area contributed by atoms with Crippen molar-refractivity contribution in [3.05, 3.63) is 218 Å². The maximum atomic E-state index is 6.78. The van der Waals surface area contributed by atoms with Gasteiger partial charge in [-0.05, 0) is 86.3 Å². The Bertz CT molecular complexity index is 3850. The van der Waals surface area contributed by atoms with Gasteiger partial charge in [-0.15, -0.1) is 0 Å². The second kappa shape index (κ2) is 14.5. The van der Waals surface area contributed by atoms with Gasteiger partial charge in [-0.2, -0.15) is 0 Å². The van der Waals surface area contributed by atoms with Crippen LogP contribution in [0.4, 0.5) is 0 Å². The van der Waals surface area contributed by atoms with Crippen molar-refractivity contribution in [3.8, 4) is 62.1 Å². The van der Waals surface area contributed by atoms with Crippen molar-refractivity contribution in [2.24, 2.45) is 0 Å². The molecule has 0 spiro atoms. The molecule has 0 saturated carbocycles. The van der Waals surface area contributed by atoms with Crippen LogP contribution in [0.5, 0.6) is 0 Å². The van der Waals surface area contributed by atoms with Crippen molar-refractivity contribution in [2.45, 2.75) is 0 Å². The van der Waals surface area contributed by atoms with Crippen LogP contribution < -0.4 is 0 Å². The number of hydrogen-bond acceptors (Lipinski definition) is 4. The summed E-state index contributed by atoms with van der Waals surface area (Å²) in [6.45, 7) is 0. The van der Waals surface area contributed by atoms with E-state index >= 15 is 0 Å². The smallest absolute Gasteiger partial charge is 0.164 e. The number of fused-ring (bicyclic) bond motifs is 8. The van der Waals surface area contributed by atoms with E-state index in [2.05, 4.69) is 199 Å². The van der Waals surface area contributed by atoms with Crippen LogP contribution in [0, 0.1) is 0 Å². The first-order valence-electron chi connectivity index (χ1n) is 21.6. The van der Waals surface area contributed by atoms with Crippen LogP contribution in [0.15, 0.2) is 223 Å². The van der Waals surface area contributed by atoms with Gasteiger partial charge in [-0.3, -0.25) is 0 Å². The Kier molecular flexibility index (Phi) is 8.15. The van der Waals surface area contributed by atoms with Crippen molar-refractivity contribution in [3.63, 3.8) is 0 Å². The largest absolute Gasteiger partial charge is 0.456 e. The van der Waals surface area contributed by atoms with Crippen molar-refractivity contribution < 1.29 is 4.42 Å². The standard InChI is InChI=1S/C59H36N4O/c1-3-14-37(15-4-1)39-26-28-40(29-27-39)57-60-58(46-23-13-22-41(30-46)38-16-5-2-6-17-38)62-59(61-57)51-35-47(36-55-56(51)48-24-11-12-25-54(48)64-55)63-52-33-44-20-9-7-18-42(44)31-49(52)50-32-43-19-8-10-21-45(43)34-53(50)63/h1-36H. The molecule has 298 valence electrons. The Morgan fingerprint density at radius 1 is 0.312 bits per heavy atom. The predicted octanol–water partition coefficient (Wildman–Crippen LogP) is 15.5. The van der Waals surface area contributed by atoms with E-state index in [-0.39, 0.29) is 0 Å². The van der Waals surface area contributed by atoms with Gasteiger partial charge in [-0.1, -0.05) is 170 Å². The Hall–Kier alpha value is -8.67. The lowest BCUT2D eigenvalue weighted by atomic mass is 10.0. The monoisotopic (exact) mass is 816 g/mol. The Balaban J connectivity index is 1.09. The topological polar surface area (TPSA) is 56.7 Å². The maximum Gasteiger partial charge on any atom is 0.164 e. The molecule has 5 heteroatoms. The van der Waals surface area contributed by atoms with Gasteiger partial charge in [0.2, 0.25) is 0 Å². The summed E-state index contributed by atoms with van der Waals surface area (Å²) in [5, 5.41) is 9.09. The molecule has 0 fully saturated rings. The third-order valence-corrected chi connectivity index (χ3v) is 12.6. The second-order valence-corrected chi connectivity index (χ2v) is 16.4. The molecule has 3 heterocycles. The van der Waals surface area contributed by atoms with Gasteiger partial charge in [0.15, 0.2) is 17.5 Å². The van der Waals surface area contributed by atoms with E-state index < -0.39 is 0 Å². The van der Waals surface area contributed by atoms with Gasteiger partial charge in [-0.25, -0.2) is 15.0 Å². The Labute approximate surface area is 368 Å². The van der Waals surface area contributed by atoms with Crippen molar-refractivity contribution in [1.29, 1.82) is 0 Å². The Morgan fingerprint density at radius 2 is 0.797 bits per heavy atom. The second-order valence-electron chi connectivity index (χ2n) is 16.4. The summed E-state index contributed by atoms with van der Waals surface area (Å²) in [6.07, 6.45) is 0. The molecule has 0 bridgehead atoms. The zero-order valence-electron chi connectivity index (χ0n) is 34.5. The van der Waals surface area contributed by atoms with E-state index in [4.69, 9.17) is 19.4 Å². The quantitative estimate of drug-likeness (QED) is 0.168. The van der Waals surface area contributed by atoms with E-state index in [0.29, 0.717) is 17.5 Å². The number of rotatable bonds is 6. The molecule has 0 atom stereocenters. The molecular weight excluding hydrogens is 781 g/mol. The molecule has 3 aromatic heterocycles. The number of furan rings is 1. The summed E-state index contributed by atoms with van der Waals surface area (Å²) in [7, 11) is 0. The third kappa shape index (κ3) is 5.98. The summed E-state index contributed by atoms with van der Waals surface area (Å²) in [6, 6.07) is 77.0. The van der Waals surface area contributed by atoms with Crippen LogP contribution in [0.1, 0.15) is 0 Å². The number of benzene rings is 10. The highest BCUT2D eigenvalue weighted by Crippen LogP contribution is 2.42. The van der Waals surface area contributed by atoms with Crippen LogP contribution in [0.3, 0.4) is 0 Å². The molecule has 10 aromatic carbocycles. The van der Waals surface area contributed by atoms with E-state index in [1.807, 2.05) is 24.3 Å². The number of hydrogen-bond donors (Lipinski definition) is 0. The van der Waals surface area contributed by atoms with Crippen LogP contribution in [-0.2, 0) is 0 Å². The van der Waals surface area contributed by atoms with Gasteiger partial charge < -0.3 is 8.98 Å². The first-order valence-corrected chi connectivity index (χ1v) is 21.6. The minimum absolute atomic E-state index is 0.562. The molecular formula is C59H36N4O. The molecule has 0 unspecified atom stereocenters. The van der Waals surface area contributed by atoms with E-state index in [1.165, 1.54) is 32.3 Å². The maximum absolute atomic E-state index is 6.78. The molecule has 13 rings (SSSR count). The Morgan fingerprint density at radius 3 is 1.45 bits per heavy atom. The van der Waals surface area contributed by atoms with Crippen molar-refractivity contribution >= 4 is 65.3 Å². The SMILES string of the molecule is c1ccc(-c2ccc(-c3nc(-c4cccc(-c5ccccc5)c4)nc(-c4cc(-n5c6cc7ccccc7cc6c6cc7ccccc7cc65)cc5oc6ccccc6c45)n3)cc2)cc1. The van der Waals surface area contributed by atoms with Crippen LogP contribution in [0.2, 0.25) is 0 Å². The van der Waals surface area contributed by atoms with Gasteiger partial charge >= 0.3 is 0 Å². The minimum Gasteiger partial charge on any atom is -0.456 e.